The number of benzene rings is 1. The van der Waals surface area contributed by atoms with Crippen LogP contribution >= 0.6 is 23.6 Å². The number of nitrogens with zero attached hydrogens (tertiary/aromatic N) is 3. The van der Waals surface area contributed by atoms with Gasteiger partial charge in [-0.25, -0.2) is 13.1 Å². The summed E-state index contributed by atoms with van der Waals surface area (Å²) in [4.78, 5) is 2.14. The van der Waals surface area contributed by atoms with Crippen LogP contribution in [0.3, 0.4) is 0 Å². The average molecular weight is 413 g/mol. The third-order valence-corrected chi connectivity index (χ3v) is 7.65. The summed E-state index contributed by atoms with van der Waals surface area (Å²) in [6, 6.07) is 6.27. The molecule has 0 bridgehead atoms. The zero-order chi connectivity index (χ0) is 18.9. The lowest BCUT2D eigenvalue weighted by Gasteiger charge is -2.26. The van der Waals surface area contributed by atoms with Gasteiger partial charge in [0.1, 0.15) is 0 Å². The van der Waals surface area contributed by atoms with Gasteiger partial charge >= 0.3 is 0 Å². The van der Waals surface area contributed by atoms with Gasteiger partial charge in [-0.2, -0.15) is 0 Å². The lowest BCUT2D eigenvalue weighted by Crippen LogP contribution is -2.37. The first-order valence-electron chi connectivity index (χ1n) is 8.64. The lowest BCUT2D eigenvalue weighted by atomic mass is 10.1. The van der Waals surface area contributed by atoms with Crippen LogP contribution in [0.2, 0.25) is 0 Å². The van der Waals surface area contributed by atoms with Crippen molar-refractivity contribution in [3.05, 3.63) is 33.3 Å². The monoisotopic (exact) mass is 412 g/mol. The molecule has 1 aliphatic rings. The quantitative estimate of drug-likeness (QED) is 0.733. The second-order valence-corrected chi connectivity index (χ2v) is 10.6. The van der Waals surface area contributed by atoms with E-state index in [1.807, 2.05) is 13.0 Å². The Morgan fingerprint density at radius 2 is 2.19 bits per heavy atom. The van der Waals surface area contributed by atoms with Crippen LogP contribution in [0.5, 0.6) is 0 Å². The molecule has 1 fully saturated rings. The Kier molecular flexibility index (Phi) is 5.81. The molecule has 1 atom stereocenters. The van der Waals surface area contributed by atoms with Crippen LogP contribution in [-0.4, -0.2) is 47.2 Å². The molecule has 0 saturated carbocycles. The lowest BCUT2D eigenvalue weighted by molar-refractivity contribution is 0.165. The van der Waals surface area contributed by atoms with Crippen molar-refractivity contribution < 1.29 is 8.42 Å². The summed E-state index contributed by atoms with van der Waals surface area (Å²) in [7, 11) is -2.90. The maximum absolute atomic E-state index is 11.8. The molecule has 0 spiro atoms. The highest BCUT2D eigenvalue weighted by Crippen LogP contribution is 2.25. The van der Waals surface area contributed by atoms with E-state index in [1.54, 1.807) is 4.68 Å². The Hall–Kier alpha value is -1.29. The summed E-state index contributed by atoms with van der Waals surface area (Å²) >= 11 is 6.89. The van der Waals surface area contributed by atoms with E-state index in [0.29, 0.717) is 17.0 Å². The molecular formula is C17H24N4O2S3. The van der Waals surface area contributed by atoms with E-state index < -0.39 is 9.84 Å². The summed E-state index contributed by atoms with van der Waals surface area (Å²) in [6.07, 6.45) is 0.682. The Morgan fingerprint density at radius 3 is 2.81 bits per heavy atom. The van der Waals surface area contributed by atoms with Gasteiger partial charge < -0.3 is 5.32 Å². The van der Waals surface area contributed by atoms with Crippen LogP contribution < -0.4 is 5.32 Å². The number of aryl methyl sites for hydroxylation is 2. The smallest absolute Gasteiger partial charge is 0.209 e. The minimum absolute atomic E-state index is 0.0457. The molecule has 2 heterocycles. The fraction of sp³-hybridized carbons (Fsp3) is 0.529. The van der Waals surface area contributed by atoms with E-state index in [9.17, 15) is 8.42 Å². The predicted octanol–water partition coefficient (Wildman–Crippen LogP) is 3.50. The second kappa shape index (κ2) is 7.75. The molecule has 0 radical (unpaired) electrons. The number of rotatable bonds is 6. The SMILES string of the molecule is CCN(Cn1nc(Nc2ccc(C)cc2C)sc1=S)[C@H]1CCS(=O)(=O)C1. The van der Waals surface area contributed by atoms with Crippen molar-refractivity contribution in [3.8, 4) is 0 Å². The fourth-order valence-corrected chi connectivity index (χ4v) is 5.99. The summed E-state index contributed by atoms with van der Waals surface area (Å²) in [5, 5.41) is 8.68. The van der Waals surface area contributed by atoms with Gasteiger partial charge in [0.25, 0.3) is 0 Å². The van der Waals surface area contributed by atoms with Crippen molar-refractivity contribution in [1.29, 1.82) is 0 Å². The van der Waals surface area contributed by atoms with E-state index in [0.717, 1.165) is 22.9 Å². The molecule has 0 aliphatic carbocycles. The van der Waals surface area contributed by atoms with Gasteiger partial charge in [-0.1, -0.05) is 36.0 Å². The van der Waals surface area contributed by atoms with Gasteiger partial charge in [0.15, 0.2) is 13.8 Å². The maximum Gasteiger partial charge on any atom is 0.209 e. The van der Waals surface area contributed by atoms with Crippen LogP contribution in [0.1, 0.15) is 24.5 Å². The number of nitrogens with one attached hydrogen (secondary N) is 1. The molecule has 1 aromatic heterocycles. The van der Waals surface area contributed by atoms with Crippen molar-refractivity contribution in [1.82, 2.24) is 14.7 Å². The van der Waals surface area contributed by atoms with Crippen LogP contribution in [-0.2, 0) is 16.5 Å². The molecule has 142 valence electrons. The molecule has 26 heavy (non-hydrogen) atoms. The third kappa shape index (κ3) is 4.51. The van der Waals surface area contributed by atoms with Crippen molar-refractivity contribution in [3.63, 3.8) is 0 Å². The Labute approximate surface area is 163 Å². The van der Waals surface area contributed by atoms with Gasteiger partial charge in [0.2, 0.25) is 5.13 Å². The average Bonchev–Trinajstić information content (AvgIpc) is 3.09. The normalized spacial score (nSPS) is 19.2. The molecule has 0 unspecified atom stereocenters. The van der Waals surface area contributed by atoms with Crippen molar-refractivity contribution >= 4 is 44.2 Å². The highest BCUT2D eigenvalue weighted by Gasteiger charge is 2.31. The van der Waals surface area contributed by atoms with Gasteiger partial charge in [-0.15, -0.1) is 5.10 Å². The fourth-order valence-electron chi connectivity index (χ4n) is 3.22. The van der Waals surface area contributed by atoms with Crippen molar-refractivity contribution in [2.24, 2.45) is 0 Å². The number of hydrogen-bond acceptors (Lipinski definition) is 7. The predicted molar refractivity (Wildman–Crippen MR) is 110 cm³/mol. The molecular weight excluding hydrogens is 388 g/mol. The van der Waals surface area contributed by atoms with Gasteiger partial charge in [-0.05, 0) is 50.7 Å². The summed E-state index contributed by atoms with van der Waals surface area (Å²) in [6.45, 7) is 7.44. The van der Waals surface area contributed by atoms with E-state index in [4.69, 9.17) is 12.2 Å². The first-order chi connectivity index (χ1) is 12.3. The summed E-state index contributed by atoms with van der Waals surface area (Å²) in [5.74, 6) is 0.502. The summed E-state index contributed by atoms with van der Waals surface area (Å²) < 4.78 is 26.0. The van der Waals surface area contributed by atoms with Crippen LogP contribution in [0.15, 0.2) is 18.2 Å². The topological polar surface area (TPSA) is 67.2 Å². The highest BCUT2D eigenvalue weighted by molar-refractivity contribution is 7.91. The number of aromatic nitrogens is 2. The summed E-state index contributed by atoms with van der Waals surface area (Å²) in [5.41, 5.74) is 3.39. The van der Waals surface area contributed by atoms with Crippen LogP contribution in [0.25, 0.3) is 0 Å². The molecule has 1 saturated heterocycles. The van der Waals surface area contributed by atoms with Gasteiger partial charge in [0, 0.05) is 11.7 Å². The minimum atomic E-state index is -2.90. The van der Waals surface area contributed by atoms with E-state index in [-0.39, 0.29) is 17.5 Å². The molecule has 1 N–H and O–H groups in total. The number of hydrogen-bond donors (Lipinski definition) is 1. The zero-order valence-corrected chi connectivity index (χ0v) is 17.7. The molecule has 1 aliphatic heterocycles. The Morgan fingerprint density at radius 1 is 1.42 bits per heavy atom. The molecule has 2 aromatic rings. The third-order valence-electron chi connectivity index (χ3n) is 4.68. The molecule has 3 rings (SSSR count). The first-order valence-corrected chi connectivity index (χ1v) is 11.7. The number of sulfone groups is 1. The standard InChI is InChI=1S/C17H24N4O2S3/c1-4-20(14-7-8-26(22,23)10-14)11-21-17(24)25-16(19-21)18-15-6-5-12(2)9-13(15)3/h5-6,9,14H,4,7-8,10-11H2,1-3H3,(H,18,19)/t14-/m0/s1. The van der Waals surface area contributed by atoms with E-state index in [2.05, 4.69) is 41.3 Å². The van der Waals surface area contributed by atoms with E-state index in [1.165, 1.54) is 16.9 Å². The maximum atomic E-state index is 11.8. The largest absolute Gasteiger partial charge is 0.330 e. The zero-order valence-electron chi connectivity index (χ0n) is 15.2. The molecule has 6 nitrogen and oxygen atoms in total. The van der Waals surface area contributed by atoms with Crippen LogP contribution in [0.4, 0.5) is 10.8 Å². The van der Waals surface area contributed by atoms with E-state index >= 15 is 0 Å². The highest BCUT2D eigenvalue weighted by atomic mass is 32.2. The van der Waals surface area contributed by atoms with Crippen molar-refractivity contribution in [2.75, 3.05) is 23.4 Å². The first kappa shape index (κ1) is 19.5. The van der Waals surface area contributed by atoms with Gasteiger partial charge in [0.05, 0.1) is 18.2 Å². The van der Waals surface area contributed by atoms with Crippen LogP contribution in [0, 0.1) is 17.8 Å². The Bertz CT molecular complexity index is 949. The molecule has 9 heteroatoms. The molecule has 0 amide bonds. The van der Waals surface area contributed by atoms with Gasteiger partial charge in [-0.3, -0.25) is 4.90 Å². The Balaban J connectivity index is 1.74. The second-order valence-electron chi connectivity index (χ2n) is 6.72. The molecule has 1 aromatic carbocycles. The minimum Gasteiger partial charge on any atom is -0.330 e. The number of anilines is 2. The van der Waals surface area contributed by atoms with Crippen molar-refractivity contribution in [2.45, 2.75) is 39.9 Å².